The number of carbonyl (C=O) groups excluding carboxylic acids is 2. The average Bonchev–Trinajstić information content (AvgIpc) is 2.26. The van der Waals surface area contributed by atoms with Gasteiger partial charge >= 0.3 is 5.97 Å². The molecule has 0 heterocycles. The van der Waals surface area contributed by atoms with Crippen LogP contribution in [0.15, 0.2) is 24.3 Å². The molecular weight excluding hydrogens is 218 g/mol. The van der Waals surface area contributed by atoms with E-state index >= 15 is 0 Å². The molecule has 0 radical (unpaired) electrons. The van der Waals surface area contributed by atoms with Crippen molar-refractivity contribution in [1.82, 2.24) is 0 Å². The summed E-state index contributed by atoms with van der Waals surface area (Å²) in [6.45, 7) is 5.18. The average molecular weight is 235 g/mol. The molecule has 0 saturated carbocycles. The van der Waals surface area contributed by atoms with Crippen LogP contribution in [0, 0.1) is 5.92 Å². The Labute approximate surface area is 101 Å². The van der Waals surface area contributed by atoms with Crippen LogP contribution in [0.5, 0.6) is 0 Å². The van der Waals surface area contributed by atoms with Gasteiger partial charge in [0.2, 0.25) is 5.91 Å². The third kappa shape index (κ3) is 4.26. The Kier molecular flexibility index (Phi) is 4.69. The molecule has 4 nitrogen and oxygen atoms in total. The van der Waals surface area contributed by atoms with E-state index in [2.05, 4.69) is 5.32 Å². The fourth-order valence-electron chi connectivity index (χ4n) is 1.27. The maximum Gasteiger partial charge on any atom is 0.308 e. The molecule has 4 heteroatoms. The number of hydrogen-bond donors (Lipinski definition) is 1. The lowest BCUT2D eigenvalue weighted by Crippen LogP contribution is -2.13. The number of rotatable bonds is 4. The van der Waals surface area contributed by atoms with E-state index in [0.717, 1.165) is 5.56 Å². The lowest BCUT2D eigenvalue weighted by Gasteiger charge is -2.11. The summed E-state index contributed by atoms with van der Waals surface area (Å²) in [6, 6.07) is 7.25. The van der Waals surface area contributed by atoms with E-state index in [4.69, 9.17) is 4.74 Å². The topological polar surface area (TPSA) is 55.4 Å². The predicted octanol–water partition coefficient (Wildman–Crippen LogP) is 2.34. The molecular formula is C13H17NO3. The van der Waals surface area contributed by atoms with Crippen LogP contribution in [0.4, 0.5) is 5.69 Å². The van der Waals surface area contributed by atoms with Gasteiger partial charge in [-0.25, -0.2) is 0 Å². The first kappa shape index (κ1) is 13.2. The predicted molar refractivity (Wildman–Crippen MR) is 65.4 cm³/mol. The normalized spacial score (nSPS) is 10.1. The summed E-state index contributed by atoms with van der Waals surface area (Å²) in [7, 11) is 0. The van der Waals surface area contributed by atoms with Crippen LogP contribution in [0.25, 0.3) is 0 Å². The molecule has 1 aromatic rings. The van der Waals surface area contributed by atoms with E-state index in [-0.39, 0.29) is 24.4 Å². The van der Waals surface area contributed by atoms with Crippen molar-refractivity contribution in [3.63, 3.8) is 0 Å². The van der Waals surface area contributed by atoms with Crippen molar-refractivity contribution < 1.29 is 14.3 Å². The standard InChI is InChI=1S/C13H17NO3/c1-9(2)13(16)17-8-11-6-4-5-7-12(11)14-10(3)15/h4-7,9H,8H2,1-3H3,(H,14,15). The minimum atomic E-state index is -0.248. The molecule has 1 aromatic carbocycles. The molecule has 0 spiro atoms. The van der Waals surface area contributed by atoms with Crippen LogP contribution < -0.4 is 5.32 Å². The second-order valence-electron chi connectivity index (χ2n) is 4.10. The molecule has 0 bridgehead atoms. The van der Waals surface area contributed by atoms with Gasteiger partial charge in [0.15, 0.2) is 0 Å². The number of para-hydroxylation sites is 1. The highest BCUT2D eigenvalue weighted by Crippen LogP contribution is 2.16. The third-order valence-electron chi connectivity index (χ3n) is 2.17. The maximum atomic E-state index is 11.3. The highest BCUT2D eigenvalue weighted by molar-refractivity contribution is 5.89. The van der Waals surface area contributed by atoms with Gasteiger partial charge in [-0.15, -0.1) is 0 Å². The number of nitrogens with one attached hydrogen (secondary N) is 1. The van der Waals surface area contributed by atoms with Crippen molar-refractivity contribution in [3.8, 4) is 0 Å². The van der Waals surface area contributed by atoms with Crippen LogP contribution in [0.2, 0.25) is 0 Å². The molecule has 1 rings (SSSR count). The molecule has 1 N–H and O–H groups in total. The van der Waals surface area contributed by atoms with Crippen molar-refractivity contribution >= 4 is 17.6 Å². The van der Waals surface area contributed by atoms with Crippen LogP contribution in [-0.4, -0.2) is 11.9 Å². The Morgan fingerprint density at radius 2 is 1.94 bits per heavy atom. The van der Waals surface area contributed by atoms with Gasteiger partial charge < -0.3 is 10.1 Å². The van der Waals surface area contributed by atoms with Gasteiger partial charge in [-0.2, -0.15) is 0 Å². The zero-order chi connectivity index (χ0) is 12.8. The van der Waals surface area contributed by atoms with E-state index in [9.17, 15) is 9.59 Å². The summed E-state index contributed by atoms with van der Waals surface area (Å²) in [5.74, 6) is -0.543. The largest absolute Gasteiger partial charge is 0.461 e. The number of benzene rings is 1. The van der Waals surface area contributed by atoms with Crippen LogP contribution in [0.3, 0.4) is 0 Å². The second kappa shape index (κ2) is 6.03. The number of amides is 1. The van der Waals surface area contributed by atoms with Crippen molar-refractivity contribution in [3.05, 3.63) is 29.8 Å². The number of carbonyl (C=O) groups is 2. The first-order valence-corrected chi connectivity index (χ1v) is 5.53. The zero-order valence-corrected chi connectivity index (χ0v) is 10.3. The molecule has 0 aliphatic heterocycles. The van der Waals surface area contributed by atoms with E-state index in [1.807, 2.05) is 18.2 Å². The fourth-order valence-corrected chi connectivity index (χ4v) is 1.27. The number of hydrogen-bond acceptors (Lipinski definition) is 3. The van der Waals surface area contributed by atoms with Gasteiger partial charge in [-0.3, -0.25) is 9.59 Å². The van der Waals surface area contributed by atoms with Crippen molar-refractivity contribution in [1.29, 1.82) is 0 Å². The SMILES string of the molecule is CC(=O)Nc1ccccc1COC(=O)C(C)C. The lowest BCUT2D eigenvalue weighted by atomic mass is 10.2. The lowest BCUT2D eigenvalue weighted by molar-refractivity contribution is -0.148. The molecule has 92 valence electrons. The van der Waals surface area contributed by atoms with Gasteiger partial charge in [0.25, 0.3) is 0 Å². The summed E-state index contributed by atoms with van der Waals surface area (Å²) >= 11 is 0. The quantitative estimate of drug-likeness (QED) is 0.815. The summed E-state index contributed by atoms with van der Waals surface area (Å²) in [5.41, 5.74) is 1.47. The van der Waals surface area contributed by atoms with Gasteiger partial charge in [-0.05, 0) is 6.07 Å². The Morgan fingerprint density at radius 3 is 2.53 bits per heavy atom. The summed E-state index contributed by atoms with van der Waals surface area (Å²) < 4.78 is 5.12. The summed E-state index contributed by atoms with van der Waals surface area (Å²) in [5, 5.41) is 2.70. The molecule has 0 saturated heterocycles. The number of ether oxygens (including phenoxy) is 1. The van der Waals surface area contributed by atoms with Crippen LogP contribution in [0.1, 0.15) is 26.3 Å². The fraction of sp³-hybridized carbons (Fsp3) is 0.385. The maximum absolute atomic E-state index is 11.3. The molecule has 1 amide bonds. The Morgan fingerprint density at radius 1 is 1.29 bits per heavy atom. The van der Waals surface area contributed by atoms with Gasteiger partial charge in [0, 0.05) is 18.2 Å². The molecule has 0 unspecified atom stereocenters. The number of esters is 1. The highest BCUT2D eigenvalue weighted by atomic mass is 16.5. The van der Waals surface area contributed by atoms with Crippen molar-refractivity contribution in [2.24, 2.45) is 5.92 Å². The van der Waals surface area contributed by atoms with E-state index in [1.54, 1.807) is 19.9 Å². The Hall–Kier alpha value is -1.84. The number of anilines is 1. The molecule has 17 heavy (non-hydrogen) atoms. The van der Waals surface area contributed by atoms with Gasteiger partial charge in [0.1, 0.15) is 6.61 Å². The smallest absolute Gasteiger partial charge is 0.308 e. The zero-order valence-electron chi connectivity index (χ0n) is 10.3. The monoisotopic (exact) mass is 235 g/mol. The van der Waals surface area contributed by atoms with Gasteiger partial charge in [0.05, 0.1) is 5.92 Å². The van der Waals surface area contributed by atoms with E-state index in [1.165, 1.54) is 6.92 Å². The Balaban J connectivity index is 2.70. The van der Waals surface area contributed by atoms with E-state index < -0.39 is 0 Å². The Bertz CT molecular complexity index is 413. The minimum absolute atomic E-state index is 0.146. The van der Waals surface area contributed by atoms with Crippen molar-refractivity contribution in [2.75, 3.05) is 5.32 Å². The minimum Gasteiger partial charge on any atom is -0.461 e. The van der Waals surface area contributed by atoms with Crippen molar-refractivity contribution in [2.45, 2.75) is 27.4 Å². The van der Waals surface area contributed by atoms with Gasteiger partial charge in [-0.1, -0.05) is 32.0 Å². The summed E-state index contributed by atoms with van der Waals surface area (Å²) in [6.07, 6.45) is 0. The first-order chi connectivity index (χ1) is 8.00. The first-order valence-electron chi connectivity index (χ1n) is 5.53. The molecule has 0 fully saturated rings. The summed E-state index contributed by atoms with van der Waals surface area (Å²) in [4.78, 5) is 22.3. The van der Waals surface area contributed by atoms with E-state index in [0.29, 0.717) is 5.69 Å². The highest BCUT2D eigenvalue weighted by Gasteiger charge is 2.10. The molecule has 0 aromatic heterocycles. The van der Waals surface area contributed by atoms with Crippen LogP contribution in [-0.2, 0) is 20.9 Å². The molecule has 0 aliphatic carbocycles. The third-order valence-corrected chi connectivity index (χ3v) is 2.17. The van der Waals surface area contributed by atoms with Crippen LogP contribution >= 0.6 is 0 Å². The molecule has 0 atom stereocenters. The second-order valence-corrected chi connectivity index (χ2v) is 4.10. The molecule has 0 aliphatic rings.